The fourth-order valence-electron chi connectivity index (χ4n) is 3.31. The molecule has 1 nitrogen and oxygen atoms in total. The third kappa shape index (κ3) is 3.77. The van der Waals surface area contributed by atoms with Gasteiger partial charge in [0.25, 0.3) is 0 Å². The summed E-state index contributed by atoms with van der Waals surface area (Å²) in [4.78, 5) is 0. The molecule has 1 fully saturated rings. The number of ether oxygens (including phenoxy) is 1. The molecule has 0 radical (unpaired) electrons. The zero-order chi connectivity index (χ0) is 13.9. The van der Waals surface area contributed by atoms with Crippen LogP contribution in [0.1, 0.15) is 44.9 Å². The molecule has 1 unspecified atom stereocenters. The Labute approximate surface area is 112 Å². The van der Waals surface area contributed by atoms with E-state index in [0.29, 0.717) is 24.7 Å². The van der Waals surface area contributed by atoms with Crippen LogP contribution in [0.4, 0.5) is 13.2 Å². The van der Waals surface area contributed by atoms with Crippen LogP contribution in [0.5, 0.6) is 0 Å². The summed E-state index contributed by atoms with van der Waals surface area (Å²) in [7, 11) is 1.66. The third-order valence-corrected chi connectivity index (χ3v) is 4.44. The third-order valence-electron chi connectivity index (χ3n) is 4.44. The Balaban J connectivity index is 1.86. The Morgan fingerprint density at radius 1 is 1.11 bits per heavy atom. The molecule has 0 N–H and O–H groups in total. The van der Waals surface area contributed by atoms with Gasteiger partial charge in [-0.25, -0.2) is 0 Å². The van der Waals surface area contributed by atoms with E-state index in [9.17, 15) is 13.2 Å². The van der Waals surface area contributed by atoms with Crippen molar-refractivity contribution in [3.63, 3.8) is 0 Å². The quantitative estimate of drug-likeness (QED) is 0.509. The van der Waals surface area contributed by atoms with Crippen LogP contribution in [0, 0.1) is 11.8 Å². The van der Waals surface area contributed by atoms with Crippen molar-refractivity contribution < 1.29 is 17.9 Å². The highest BCUT2D eigenvalue weighted by Gasteiger charge is 2.36. The highest BCUT2D eigenvalue weighted by molar-refractivity contribution is 5.13. The van der Waals surface area contributed by atoms with Gasteiger partial charge < -0.3 is 4.74 Å². The van der Waals surface area contributed by atoms with Gasteiger partial charge in [0, 0.05) is 5.57 Å². The lowest BCUT2D eigenvalue weighted by atomic mass is 9.73. The van der Waals surface area contributed by atoms with E-state index in [2.05, 4.69) is 0 Å². The highest BCUT2D eigenvalue weighted by atomic mass is 19.4. The van der Waals surface area contributed by atoms with E-state index < -0.39 is 6.18 Å². The van der Waals surface area contributed by atoms with E-state index in [-0.39, 0.29) is 12.0 Å². The number of rotatable bonds is 2. The molecule has 1 saturated carbocycles. The smallest absolute Gasteiger partial charge is 0.412 e. The predicted molar refractivity (Wildman–Crippen MR) is 68.5 cm³/mol. The Kier molecular flexibility index (Phi) is 4.58. The van der Waals surface area contributed by atoms with E-state index in [1.54, 1.807) is 7.11 Å². The molecule has 4 heteroatoms. The second-order valence-electron chi connectivity index (χ2n) is 5.61. The lowest BCUT2D eigenvalue weighted by Gasteiger charge is -2.33. The zero-order valence-corrected chi connectivity index (χ0v) is 11.3. The van der Waals surface area contributed by atoms with E-state index in [1.165, 1.54) is 11.6 Å². The largest absolute Gasteiger partial charge is 0.504 e. The number of hydrogen-bond acceptors (Lipinski definition) is 1. The summed E-state index contributed by atoms with van der Waals surface area (Å²) in [6.45, 7) is 0. The molecule has 0 aliphatic heterocycles. The van der Waals surface area contributed by atoms with Crippen LogP contribution in [0.15, 0.2) is 23.5 Å². The average molecular weight is 274 g/mol. The van der Waals surface area contributed by atoms with Gasteiger partial charge in [0.2, 0.25) is 0 Å². The molecule has 0 heterocycles. The minimum absolute atomic E-state index is 0.200. The Hall–Kier alpha value is -0.930. The summed E-state index contributed by atoms with van der Waals surface area (Å²) in [6.07, 6.45) is 4.87. The summed E-state index contributed by atoms with van der Waals surface area (Å²) in [5.41, 5.74) is 1.01. The first kappa shape index (κ1) is 14.5. The maximum absolute atomic E-state index is 12.6. The van der Waals surface area contributed by atoms with E-state index in [0.717, 1.165) is 25.7 Å². The first-order chi connectivity index (χ1) is 9.00. The lowest BCUT2D eigenvalue weighted by Crippen LogP contribution is -2.23. The molecule has 0 amide bonds. The molecule has 2 rings (SSSR count). The Morgan fingerprint density at radius 2 is 1.74 bits per heavy atom. The SMILES string of the molecule is COC=C1CCC(C2CC=C(C(F)(F)F)CC2)CC1. The van der Waals surface area contributed by atoms with Crippen LogP contribution < -0.4 is 0 Å². The second kappa shape index (κ2) is 6.02. The number of hydrogen-bond donors (Lipinski definition) is 0. The summed E-state index contributed by atoms with van der Waals surface area (Å²) < 4.78 is 42.7. The van der Waals surface area contributed by atoms with Crippen LogP contribution in [-0.2, 0) is 4.74 Å². The van der Waals surface area contributed by atoms with E-state index in [4.69, 9.17) is 4.74 Å². The maximum atomic E-state index is 12.6. The Bertz CT molecular complexity index is 358. The second-order valence-corrected chi connectivity index (χ2v) is 5.61. The molecule has 108 valence electrons. The van der Waals surface area contributed by atoms with Crippen molar-refractivity contribution >= 4 is 0 Å². The topological polar surface area (TPSA) is 9.23 Å². The number of halogens is 3. The van der Waals surface area contributed by atoms with Gasteiger partial charge in [-0.05, 0) is 62.4 Å². The van der Waals surface area contributed by atoms with E-state index in [1.807, 2.05) is 6.26 Å². The molecule has 2 aliphatic rings. The van der Waals surface area contributed by atoms with Crippen molar-refractivity contribution in [1.29, 1.82) is 0 Å². The monoisotopic (exact) mass is 274 g/mol. The number of allylic oxidation sites excluding steroid dienone is 3. The highest BCUT2D eigenvalue weighted by Crippen LogP contribution is 2.42. The first-order valence-corrected chi connectivity index (χ1v) is 6.97. The van der Waals surface area contributed by atoms with Gasteiger partial charge in [0.05, 0.1) is 13.4 Å². The minimum atomic E-state index is -4.12. The van der Waals surface area contributed by atoms with Crippen LogP contribution in [-0.4, -0.2) is 13.3 Å². The average Bonchev–Trinajstić information content (AvgIpc) is 2.39. The van der Waals surface area contributed by atoms with Crippen LogP contribution in [0.3, 0.4) is 0 Å². The van der Waals surface area contributed by atoms with Crippen molar-refractivity contribution in [1.82, 2.24) is 0 Å². The van der Waals surface area contributed by atoms with Crippen molar-refractivity contribution in [3.05, 3.63) is 23.5 Å². The van der Waals surface area contributed by atoms with Gasteiger partial charge >= 0.3 is 6.18 Å². The van der Waals surface area contributed by atoms with Crippen LogP contribution in [0.2, 0.25) is 0 Å². The minimum Gasteiger partial charge on any atom is -0.504 e. The van der Waals surface area contributed by atoms with Gasteiger partial charge in [-0.2, -0.15) is 13.2 Å². The molecule has 0 aromatic rings. The molecule has 19 heavy (non-hydrogen) atoms. The van der Waals surface area contributed by atoms with Gasteiger partial charge in [-0.1, -0.05) is 6.08 Å². The van der Waals surface area contributed by atoms with Crippen molar-refractivity contribution in [2.24, 2.45) is 11.8 Å². The first-order valence-electron chi connectivity index (χ1n) is 6.97. The normalized spacial score (nSPS) is 28.8. The summed E-state index contributed by atoms with van der Waals surface area (Å²) >= 11 is 0. The van der Waals surface area contributed by atoms with Crippen molar-refractivity contribution in [2.75, 3.05) is 7.11 Å². The summed E-state index contributed by atoms with van der Waals surface area (Å²) in [6, 6.07) is 0. The Morgan fingerprint density at radius 3 is 2.21 bits per heavy atom. The molecule has 0 bridgehead atoms. The lowest BCUT2D eigenvalue weighted by molar-refractivity contribution is -0.0959. The molecule has 0 saturated heterocycles. The van der Waals surface area contributed by atoms with Crippen LogP contribution in [0.25, 0.3) is 0 Å². The molecular weight excluding hydrogens is 253 g/mol. The van der Waals surface area contributed by atoms with Crippen molar-refractivity contribution in [2.45, 2.75) is 51.1 Å². The number of methoxy groups -OCH3 is 1. The van der Waals surface area contributed by atoms with E-state index >= 15 is 0 Å². The van der Waals surface area contributed by atoms with Crippen LogP contribution >= 0.6 is 0 Å². The fraction of sp³-hybridized carbons (Fsp3) is 0.733. The predicted octanol–water partition coefficient (Wildman–Crippen LogP) is 5.00. The van der Waals surface area contributed by atoms with Gasteiger partial charge in [0.1, 0.15) is 0 Å². The van der Waals surface area contributed by atoms with Gasteiger partial charge in [-0.3, -0.25) is 0 Å². The zero-order valence-electron chi connectivity index (χ0n) is 11.3. The molecule has 1 atom stereocenters. The standard InChI is InChI=1S/C15H21F3O/c1-19-10-11-2-4-12(5-3-11)13-6-8-14(9-7-13)15(16,17)18/h8,10,12-13H,2-7,9H2,1H3. The molecule has 0 aromatic carbocycles. The molecular formula is C15H21F3O. The van der Waals surface area contributed by atoms with Gasteiger partial charge in [-0.15, -0.1) is 0 Å². The summed E-state index contributed by atoms with van der Waals surface area (Å²) in [5, 5.41) is 0. The fourth-order valence-corrected chi connectivity index (χ4v) is 3.31. The van der Waals surface area contributed by atoms with Crippen molar-refractivity contribution in [3.8, 4) is 0 Å². The molecule has 2 aliphatic carbocycles. The molecule has 0 aromatic heterocycles. The van der Waals surface area contributed by atoms with Gasteiger partial charge in [0.15, 0.2) is 0 Å². The summed E-state index contributed by atoms with van der Waals surface area (Å²) in [5.74, 6) is 1.02. The number of alkyl halides is 3. The molecule has 0 spiro atoms. The maximum Gasteiger partial charge on any atom is 0.412 e.